The lowest BCUT2D eigenvalue weighted by Crippen LogP contribution is -2.48. The van der Waals surface area contributed by atoms with Crippen molar-refractivity contribution in [3.05, 3.63) is 21.9 Å². The fourth-order valence-electron chi connectivity index (χ4n) is 4.59. The van der Waals surface area contributed by atoms with Gasteiger partial charge in [0.1, 0.15) is 12.1 Å². The number of hydrogen-bond acceptors (Lipinski definition) is 4. The van der Waals surface area contributed by atoms with Gasteiger partial charge in [0.2, 0.25) is 5.91 Å². The van der Waals surface area contributed by atoms with Gasteiger partial charge in [-0.2, -0.15) is 0 Å². The highest BCUT2D eigenvalue weighted by Gasteiger charge is 2.54. The van der Waals surface area contributed by atoms with Gasteiger partial charge >= 0.3 is 6.03 Å². The van der Waals surface area contributed by atoms with Crippen molar-refractivity contribution in [2.45, 2.75) is 56.5 Å². The van der Waals surface area contributed by atoms with Gasteiger partial charge in [-0.3, -0.25) is 14.5 Å². The third-order valence-electron chi connectivity index (χ3n) is 6.23. The van der Waals surface area contributed by atoms with Gasteiger partial charge in [-0.05, 0) is 68.2 Å². The molecule has 3 fully saturated rings. The largest absolute Gasteiger partial charge is 0.351 e. The average Bonchev–Trinajstić information content (AvgIpc) is 3.54. The minimum atomic E-state index is -0.961. The summed E-state index contributed by atoms with van der Waals surface area (Å²) in [6, 6.07) is 1.73. The second kappa shape index (κ2) is 5.81. The summed E-state index contributed by atoms with van der Waals surface area (Å²) in [5.74, 6) is 0.697. The van der Waals surface area contributed by atoms with Crippen molar-refractivity contribution in [2.75, 3.05) is 6.54 Å². The number of imide groups is 1. The van der Waals surface area contributed by atoms with Crippen LogP contribution in [0.3, 0.4) is 0 Å². The van der Waals surface area contributed by atoms with E-state index in [0.29, 0.717) is 18.3 Å². The van der Waals surface area contributed by atoms with Crippen molar-refractivity contribution >= 4 is 29.2 Å². The highest BCUT2D eigenvalue weighted by molar-refractivity contribution is 7.10. The summed E-state index contributed by atoms with van der Waals surface area (Å²) in [6.07, 6.45) is 7.12. The molecule has 2 heterocycles. The van der Waals surface area contributed by atoms with E-state index in [-0.39, 0.29) is 24.4 Å². The maximum atomic E-state index is 13.1. The molecule has 0 aromatic carbocycles. The van der Waals surface area contributed by atoms with E-state index in [0.717, 1.165) is 23.3 Å². The first-order valence-electron chi connectivity index (χ1n) is 9.59. The first-order chi connectivity index (χ1) is 12.6. The summed E-state index contributed by atoms with van der Waals surface area (Å²) in [4.78, 5) is 40.5. The van der Waals surface area contributed by atoms with Crippen molar-refractivity contribution in [1.82, 2.24) is 15.5 Å². The van der Waals surface area contributed by atoms with Crippen molar-refractivity contribution in [1.29, 1.82) is 0 Å². The zero-order chi connectivity index (χ0) is 17.9. The summed E-state index contributed by atoms with van der Waals surface area (Å²) in [5.41, 5.74) is -0.0408. The number of rotatable bonds is 5. The van der Waals surface area contributed by atoms with Crippen LogP contribution in [-0.2, 0) is 21.5 Å². The topological polar surface area (TPSA) is 78.5 Å². The molecule has 1 atom stereocenters. The Bertz CT molecular complexity index is 771. The first-order valence-corrected chi connectivity index (χ1v) is 10.5. The van der Waals surface area contributed by atoms with Gasteiger partial charge in [0, 0.05) is 16.5 Å². The molecule has 7 heteroatoms. The Labute approximate surface area is 156 Å². The molecule has 1 aromatic heterocycles. The predicted octanol–water partition coefficient (Wildman–Crippen LogP) is 2.14. The minimum absolute atomic E-state index is 0.179. The number of carbonyl (C=O) groups is 3. The van der Waals surface area contributed by atoms with Gasteiger partial charge in [-0.15, -0.1) is 11.3 Å². The van der Waals surface area contributed by atoms with Crippen LogP contribution in [-0.4, -0.2) is 35.3 Å². The molecular weight excluding hydrogens is 350 g/mol. The summed E-state index contributed by atoms with van der Waals surface area (Å²) < 4.78 is 0. The van der Waals surface area contributed by atoms with Crippen LogP contribution in [0.25, 0.3) is 0 Å². The van der Waals surface area contributed by atoms with Crippen LogP contribution in [0.5, 0.6) is 0 Å². The number of aryl methyl sites for hydroxylation is 1. The number of nitrogens with zero attached hydrogens (tertiary/aromatic N) is 1. The van der Waals surface area contributed by atoms with E-state index >= 15 is 0 Å². The fraction of sp³-hybridized carbons (Fsp3) is 0.632. The van der Waals surface area contributed by atoms with E-state index in [2.05, 4.69) is 10.6 Å². The normalized spacial score (nSPS) is 27.8. The van der Waals surface area contributed by atoms with Crippen molar-refractivity contribution in [3.8, 4) is 0 Å². The molecule has 1 unspecified atom stereocenters. The van der Waals surface area contributed by atoms with E-state index in [1.165, 1.54) is 30.6 Å². The molecule has 26 heavy (non-hydrogen) atoms. The van der Waals surface area contributed by atoms with Gasteiger partial charge in [-0.1, -0.05) is 0 Å². The SMILES string of the molecule is O=C(CN1C(=O)NC2(CCCc3sccc32)C1=O)NC(C1CC1)C1CC1. The van der Waals surface area contributed by atoms with Crippen LogP contribution in [0.4, 0.5) is 4.79 Å². The summed E-state index contributed by atoms with van der Waals surface area (Å²) in [6.45, 7) is -0.179. The Morgan fingerprint density at radius 2 is 2.04 bits per heavy atom. The number of amides is 4. The third-order valence-corrected chi connectivity index (χ3v) is 7.21. The van der Waals surface area contributed by atoms with Crippen molar-refractivity contribution < 1.29 is 14.4 Å². The standard InChI is InChI=1S/C19H23N3O3S/c23-15(20-16(11-3-4-11)12-5-6-12)10-22-17(24)19(21-18(22)25)8-1-2-14-13(19)7-9-26-14/h7,9,11-12,16H,1-6,8,10H2,(H,20,23)(H,21,25). The molecule has 1 aliphatic heterocycles. The second-order valence-electron chi connectivity index (χ2n) is 8.11. The molecule has 138 valence electrons. The molecule has 1 aromatic rings. The van der Waals surface area contributed by atoms with E-state index in [1.54, 1.807) is 11.3 Å². The Kier molecular flexibility index (Phi) is 3.64. The molecule has 4 aliphatic rings. The molecule has 4 amide bonds. The van der Waals surface area contributed by atoms with Gasteiger partial charge in [0.25, 0.3) is 5.91 Å². The Morgan fingerprint density at radius 3 is 2.73 bits per heavy atom. The van der Waals surface area contributed by atoms with Gasteiger partial charge in [0.15, 0.2) is 0 Å². The van der Waals surface area contributed by atoms with Gasteiger partial charge in [0.05, 0.1) is 0 Å². The molecule has 0 bridgehead atoms. The van der Waals surface area contributed by atoms with Crippen molar-refractivity contribution in [3.63, 3.8) is 0 Å². The molecule has 2 saturated carbocycles. The van der Waals surface area contributed by atoms with E-state index < -0.39 is 11.6 Å². The number of hydrogen-bond donors (Lipinski definition) is 2. The van der Waals surface area contributed by atoms with Crippen LogP contribution < -0.4 is 10.6 Å². The molecule has 6 nitrogen and oxygen atoms in total. The first kappa shape index (κ1) is 16.3. The smallest absolute Gasteiger partial charge is 0.325 e. The number of carbonyl (C=O) groups excluding carboxylic acids is 3. The number of nitrogens with one attached hydrogen (secondary N) is 2. The quantitative estimate of drug-likeness (QED) is 0.776. The fourth-order valence-corrected chi connectivity index (χ4v) is 5.59. The van der Waals surface area contributed by atoms with Crippen LogP contribution in [0.15, 0.2) is 11.4 Å². The lowest BCUT2D eigenvalue weighted by Gasteiger charge is -2.31. The number of fused-ring (bicyclic) bond motifs is 2. The molecule has 1 spiro atoms. The molecule has 3 aliphatic carbocycles. The van der Waals surface area contributed by atoms with Gasteiger partial charge < -0.3 is 10.6 Å². The predicted molar refractivity (Wildman–Crippen MR) is 96.6 cm³/mol. The van der Waals surface area contributed by atoms with Crippen LogP contribution in [0, 0.1) is 11.8 Å². The zero-order valence-electron chi connectivity index (χ0n) is 14.6. The van der Waals surface area contributed by atoms with Crippen molar-refractivity contribution in [2.24, 2.45) is 11.8 Å². The number of thiophene rings is 1. The lowest BCUT2D eigenvalue weighted by molar-refractivity contribution is -0.136. The Balaban J connectivity index is 1.32. The van der Waals surface area contributed by atoms with Crippen LogP contribution >= 0.6 is 11.3 Å². The van der Waals surface area contributed by atoms with E-state index in [9.17, 15) is 14.4 Å². The maximum absolute atomic E-state index is 13.1. The van der Waals surface area contributed by atoms with E-state index in [1.807, 2.05) is 11.4 Å². The minimum Gasteiger partial charge on any atom is -0.351 e. The lowest BCUT2D eigenvalue weighted by atomic mass is 9.80. The molecule has 2 N–H and O–H groups in total. The van der Waals surface area contributed by atoms with E-state index in [4.69, 9.17) is 0 Å². The molecular formula is C19H23N3O3S. The molecule has 5 rings (SSSR count). The Hall–Kier alpha value is -1.89. The third kappa shape index (κ3) is 2.55. The molecule has 0 radical (unpaired) electrons. The average molecular weight is 373 g/mol. The summed E-state index contributed by atoms with van der Waals surface area (Å²) in [7, 11) is 0. The second-order valence-corrected chi connectivity index (χ2v) is 9.11. The summed E-state index contributed by atoms with van der Waals surface area (Å²) in [5, 5.41) is 7.98. The Morgan fingerprint density at radius 1 is 1.31 bits per heavy atom. The number of urea groups is 1. The van der Waals surface area contributed by atoms with Crippen LogP contribution in [0.1, 0.15) is 49.0 Å². The maximum Gasteiger partial charge on any atom is 0.325 e. The monoisotopic (exact) mass is 373 g/mol. The highest BCUT2D eigenvalue weighted by Crippen LogP contribution is 2.45. The van der Waals surface area contributed by atoms with Crippen LogP contribution in [0.2, 0.25) is 0 Å². The van der Waals surface area contributed by atoms with Gasteiger partial charge in [-0.25, -0.2) is 4.79 Å². The summed E-state index contributed by atoms with van der Waals surface area (Å²) >= 11 is 1.63. The molecule has 1 saturated heterocycles. The zero-order valence-corrected chi connectivity index (χ0v) is 15.4. The highest BCUT2D eigenvalue weighted by atomic mass is 32.1.